The summed E-state index contributed by atoms with van der Waals surface area (Å²) in [7, 11) is -0.829. The van der Waals surface area contributed by atoms with Gasteiger partial charge in [0.15, 0.2) is 0 Å². The van der Waals surface area contributed by atoms with Crippen molar-refractivity contribution in [2.45, 2.75) is 42.7 Å². The second-order valence-corrected chi connectivity index (χ2v) is 5.98. The zero-order valence-electron chi connectivity index (χ0n) is 12.7. The topological polar surface area (TPSA) is 135 Å². The van der Waals surface area contributed by atoms with Crippen molar-refractivity contribution in [3.8, 4) is 0 Å². The van der Waals surface area contributed by atoms with Gasteiger partial charge in [-0.3, -0.25) is 4.21 Å². The van der Waals surface area contributed by atoms with E-state index in [4.69, 9.17) is 26.8 Å². The van der Waals surface area contributed by atoms with Gasteiger partial charge in [-0.1, -0.05) is 31.0 Å². The Labute approximate surface area is 159 Å². The van der Waals surface area contributed by atoms with Crippen LogP contribution in [-0.4, -0.2) is 27.6 Å². The third kappa shape index (κ3) is 16.1. The molecule has 136 valence electrons. The van der Waals surface area contributed by atoms with Gasteiger partial charge in [0.25, 0.3) is 0 Å². The molecule has 0 aliphatic heterocycles. The smallest absolute Gasteiger partial charge is 1.00 e. The Balaban J connectivity index is -0.000000267. The molecule has 0 spiro atoms. The molecule has 1 aromatic rings. The van der Waals surface area contributed by atoms with Crippen molar-refractivity contribution in [1.29, 1.82) is 0 Å². The van der Waals surface area contributed by atoms with Crippen LogP contribution in [0, 0.1) is 15.3 Å². The molecule has 0 radical (unpaired) electrons. The molecule has 0 saturated heterocycles. The van der Waals surface area contributed by atoms with Crippen LogP contribution in [0.4, 0.5) is 0 Å². The summed E-state index contributed by atoms with van der Waals surface area (Å²) in [4.78, 5) is 9.14. The fourth-order valence-corrected chi connectivity index (χ4v) is 2.34. The Morgan fingerprint density at radius 2 is 1.43 bits per heavy atom. The Bertz CT molecular complexity index is 428. The Hall–Kier alpha value is -0.532. The molecule has 23 heavy (non-hydrogen) atoms. The molecule has 3 atom stereocenters. The fourth-order valence-electron chi connectivity index (χ4n) is 1.80. The van der Waals surface area contributed by atoms with Crippen LogP contribution in [0.1, 0.15) is 25.7 Å². The van der Waals surface area contributed by atoms with Crippen molar-refractivity contribution in [2.75, 3.05) is 6.26 Å². The van der Waals surface area contributed by atoms with Crippen LogP contribution in [0.15, 0.2) is 35.2 Å². The molecular formula is C13H22ClN3O4PtS. The van der Waals surface area contributed by atoms with E-state index in [2.05, 4.69) is 0 Å². The number of rotatable bonds is 1. The van der Waals surface area contributed by atoms with Crippen molar-refractivity contribution < 1.29 is 42.8 Å². The second kappa shape index (κ2) is 16.3. The van der Waals surface area contributed by atoms with Gasteiger partial charge in [-0.05, 0) is 25.0 Å². The van der Waals surface area contributed by atoms with E-state index in [1.54, 1.807) is 6.26 Å². The van der Waals surface area contributed by atoms with Gasteiger partial charge in [-0.2, -0.15) is 0 Å². The monoisotopic (exact) mass is 546 g/mol. The van der Waals surface area contributed by atoms with E-state index < -0.39 is 15.9 Å². The SMILES string of the molecule is CS(=O)c1ccccc1.NC1CCCCC1N.O=[N+]([O-])[O-].[Cl-].[Pt+2]. The molecule has 1 aliphatic carbocycles. The first-order chi connectivity index (χ1) is 9.84. The third-order valence-corrected chi connectivity index (χ3v) is 3.89. The van der Waals surface area contributed by atoms with Crippen molar-refractivity contribution in [1.82, 2.24) is 0 Å². The number of hydrogen-bond acceptors (Lipinski definition) is 6. The van der Waals surface area contributed by atoms with Crippen molar-refractivity contribution in [3.05, 3.63) is 45.7 Å². The molecule has 3 unspecified atom stereocenters. The summed E-state index contributed by atoms with van der Waals surface area (Å²) in [6.07, 6.45) is 6.47. The van der Waals surface area contributed by atoms with Gasteiger partial charge in [0.05, 0.1) is 5.09 Å². The molecule has 0 amide bonds. The molecule has 1 aliphatic rings. The first-order valence-corrected chi connectivity index (χ1v) is 8.11. The summed E-state index contributed by atoms with van der Waals surface area (Å²) in [5, 5.41) is 14.8. The van der Waals surface area contributed by atoms with Crippen LogP contribution in [0.5, 0.6) is 0 Å². The van der Waals surface area contributed by atoms with Crippen molar-refractivity contribution >= 4 is 10.8 Å². The second-order valence-electron chi connectivity index (χ2n) is 4.60. The van der Waals surface area contributed by atoms with Gasteiger partial charge in [-0.25, -0.2) is 0 Å². The van der Waals surface area contributed by atoms with Gasteiger partial charge < -0.3 is 39.2 Å². The molecular weight excluding hydrogens is 525 g/mol. The van der Waals surface area contributed by atoms with E-state index >= 15 is 0 Å². The maximum Gasteiger partial charge on any atom is 2.00 e. The maximum absolute atomic E-state index is 10.8. The average molecular weight is 547 g/mol. The van der Waals surface area contributed by atoms with Gasteiger partial charge >= 0.3 is 21.1 Å². The van der Waals surface area contributed by atoms with E-state index in [1.165, 1.54) is 12.8 Å². The number of nitrogens with zero attached hydrogens (tertiary/aromatic N) is 1. The van der Waals surface area contributed by atoms with Crippen LogP contribution in [0.3, 0.4) is 0 Å². The van der Waals surface area contributed by atoms with E-state index in [9.17, 15) is 4.21 Å². The first kappa shape index (κ1) is 27.3. The van der Waals surface area contributed by atoms with Gasteiger partial charge in [-0.15, -0.1) is 0 Å². The summed E-state index contributed by atoms with van der Waals surface area (Å²) in [6, 6.07) is 9.96. The van der Waals surface area contributed by atoms with Gasteiger partial charge in [0, 0.05) is 34.0 Å². The predicted molar refractivity (Wildman–Crippen MR) is 83.6 cm³/mol. The Kier molecular flexibility index (Phi) is 19.4. The van der Waals surface area contributed by atoms with E-state index in [-0.39, 0.29) is 45.6 Å². The minimum atomic E-state index is -1.75. The van der Waals surface area contributed by atoms with Gasteiger partial charge in [0.1, 0.15) is 0 Å². The minimum Gasteiger partial charge on any atom is -1.00 e. The maximum atomic E-state index is 10.8. The zero-order valence-corrected chi connectivity index (χ0v) is 16.6. The van der Waals surface area contributed by atoms with Crippen LogP contribution >= 0.6 is 0 Å². The molecule has 7 nitrogen and oxygen atoms in total. The summed E-state index contributed by atoms with van der Waals surface area (Å²) in [5.74, 6) is 0. The molecule has 0 heterocycles. The summed E-state index contributed by atoms with van der Waals surface area (Å²) >= 11 is 0. The molecule has 0 bridgehead atoms. The van der Waals surface area contributed by atoms with E-state index in [1.807, 2.05) is 30.3 Å². The summed E-state index contributed by atoms with van der Waals surface area (Å²) < 4.78 is 10.8. The largest absolute Gasteiger partial charge is 2.00 e. The number of halogens is 1. The number of benzene rings is 1. The Morgan fingerprint density at radius 3 is 1.65 bits per heavy atom. The molecule has 0 aromatic heterocycles. The van der Waals surface area contributed by atoms with E-state index in [0.717, 1.165) is 17.7 Å². The summed E-state index contributed by atoms with van der Waals surface area (Å²) in [6.45, 7) is 0. The quantitative estimate of drug-likeness (QED) is 0.322. The Morgan fingerprint density at radius 1 is 1.09 bits per heavy atom. The molecule has 10 heteroatoms. The standard InChI is InChI=1S/C7H8OS.C6H14N2.ClH.NO3.Pt/c1-9(8)7-5-3-2-4-6-7;7-5-3-1-2-4-6(5)8;;2-1(3)4;/h2-6H,1H3;5-6H,1-4,7-8H2;1H;;/q;;;-1;+2/p-1. The first-order valence-electron chi connectivity index (χ1n) is 6.55. The van der Waals surface area contributed by atoms with Crippen molar-refractivity contribution in [2.24, 2.45) is 11.5 Å². The molecule has 1 saturated carbocycles. The minimum absolute atomic E-state index is 0. The van der Waals surface area contributed by atoms with Crippen LogP contribution in [-0.2, 0) is 31.9 Å². The molecule has 1 fully saturated rings. The molecule has 1 aromatic carbocycles. The normalized spacial score (nSPS) is 20.0. The van der Waals surface area contributed by atoms with Crippen LogP contribution < -0.4 is 23.9 Å². The zero-order chi connectivity index (χ0) is 16.3. The average Bonchev–Trinajstić information content (AvgIpc) is 2.43. The predicted octanol–water partition coefficient (Wildman–Crippen LogP) is -1.60. The van der Waals surface area contributed by atoms with Gasteiger partial charge in [0.2, 0.25) is 0 Å². The van der Waals surface area contributed by atoms with Crippen LogP contribution in [0.25, 0.3) is 0 Å². The number of hydrogen-bond donors (Lipinski definition) is 2. The van der Waals surface area contributed by atoms with Crippen LogP contribution in [0.2, 0.25) is 0 Å². The molecule has 2 rings (SSSR count). The van der Waals surface area contributed by atoms with Crippen molar-refractivity contribution in [3.63, 3.8) is 0 Å². The molecule has 4 N–H and O–H groups in total. The third-order valence-electron chi connectivity index (χ3n) is 2.95. The number of nitrogens with two attached hydrogens (primary N) is 2. The fraction of sp³-hybridized carbons (Fsp3) is 0.538. The summed E-state index contributed by atoms with van der Waals surface area (Å²) in [5.41, 5.74) is 11.3. The van der Waals surface area contributed by atoms with E-state index in [0.29, 0.717) is 0 Å².